The molecule has 1 amide bonds. The van der Waals surface area contributed by atoms with Gasteiger partial charge in [0.1, 0.15) is 12.0 Å². The molecule has 0 bridgehead atoms. The summed E-state index contributed by atoms with van der Waals surface area (Å²) in [5.74, 6) is 0.662. The highest BCUT2D eigenvalue weighted by molar-refractivity contribution is 9.10. The number of halogens is 3. The van der Waals surface area contributed by atoms with Crippen LogP contribution >= 0.6 is 40.7 Å². The predicted octanol–water partition coefficient (Wildman–Crippen LogP) is 3.86. The molecular formula is C18H24BrCl2N3O2. The molecule has 1 aromatic heterocycles. The monoisotopic (exact) mass is 463 g/mol. The Hall–Kier alpha value is -1.05. The number of benzene rings is 1. The van der Waals surface area contributed by atoms with Gasteiger partial charge in [-0.05, 0) is 30.7 Å². The summed E-state index contributed by atoms with van der Waals surface area (Å²) in [4.78, 5) is 16.8. The molecule has 26 heavy (non-hydrogen) atoms. The number of hydrogen-bond acceptors (Lipinski definition) is 4. The van der Waals surface area contributed by atoms with Crippen molar-refractivity contribution >= 4 is 46.7 Å². The summed E-state index contributed by atoms with van der Waals surface area (Å²) in [5.41, 5.74) is 7.41. The van der Waals surface area contributed by atoms with Gasteiger partial charge >= 0.3 is 0 Å². The lowest BCUT2D eigenvalue weighted by Gasteiger charge is -2.38. The van der Waals surface area contributed by atoms with Gasteiger partial charge in [0.15, 0.2) is 0 Å². The van der Waals surface area contributed by atoms with E-state index in [0.29, 0.717) is 23.9 Å². The van der Waals surface area contributed by atoms with E-state index in [9.17, 15) is 4.79 Å². The number of nitrogens with two attached hydrogens (primary N) is 1. The fraction of sp³-hybridized carbons (Fsp3) is 0.389. The van der Waals surface area contributed by atoms with Crippen LogP contribution in [0.3, 0.4) is 0 Å². The van der Waals surface area contributed by atoms with Crippen molar-refractivity contribution in [3.63, 3.8) is 0 Å². The molecule has 0 saturated carbocycles. The van der Waals surface area contributed by atoms with Crippen LogP contribution in [0.1, 0.15) is 34.6 Å². The van der Waals surface area contributed by atoms with Crippen LogP contribution in [0.5, 0.6) is 0 Å². The van der Waals surface area contributed by atoms with E-state index >= 15 is 0 Å². The van der Waals surface area contributed by atoms with Crippen molar-refractivity contribution in [3.8, 4) is 0 Å². The lowest BCUT2D eigenvalue weighted by molar-refractivity contribution is 0.0581. The number of rotatable bonds is 4. The fourth-order valence-electron chi connectivity index (χ4n) is 3.05. The smallest absolute Gasteiger partial charge is 0.257 e. The van der Waals surface area contributed by atoms with Gasteiger partial charge in [-0.25, -0.2) is 0 Å². The third kappa shape index (κ3) is 5.24. The summed E-state index contributed by atoms with van der Waals surface area (Å²) < 4.78 is 6.35. The Morgan fingerprint density at radius 3 is 2.35 bits per heavy atom. The molecule has 0 radical (unpaired) electrons. The van der Waals surface area contributed by atoms with E-state index in [-0.39, 0.29) is 30.7 Å². The van der Waals surface area contributed by atoms with Crippen LogP contribution in [0.15, 0.2) is 45.5 Å². The first kappa shape index (κ1) is 23.0. The molecule has 1 aliphatic heterocycles. The van der Waals surface area contributed by atoms with Crippen molar-refractivity contribution in [2.45, 2.75) is 19.5 Å². The zero-order chi connectivity index (χ0) is 17.1. The highest BCUT2D eigenvalue weighted by Crippen LogP contribution is 2.24. The summed E-state index contributed by atoms with van der Waals surface area (Å²) in [6.07, 6.45) is 1.50. The van der Waals surface area contributed by atoms with Gasteiger partial charge in [0.05, 0.1) is 12.1 Å². The lowest BCUT2D eigenvalue weighted by Crippen LogP contribution is -2.49. The van der Waals surface area contributed by atoms with Crippen LogP contribution in [-0.4, -0.2) is 41.9 Å². The molecule has 8 heteroatoms. The molecule has 0 aliphatic carbocycles. The molecule has 2 N–H and O–H groups in total. The number of carbonyl (C=O) groups excluding carboxylic acids is 1. The quantitative estimate of drug-likeness (QED) is 0.745. The number of amides is 1. The van der Waals surface area contributed by atoms with Crippen LogP contribution in [0, 0.1) is 0 Å². The first-order chi connectivity index (χ1) is 11.6. The summed E-state index contributed by atoms with van der Waals surface area (Å²) >= 11 is 3.47. The van der Waals surface area contributed by atoms with Gasteiger partial charge in [-0.3, -0.25) is 9.69 Å². The zero-order valence-electron chi connectivity index (χ0n) is 14.6. The minimum Gasteiger partial charge on any atom is -0.467 e. The van der Waals surface area contributed by atoms with Gasteiger partial charge in [0.25, 0.3) is 5.91 Å². The van der Waals surface area contributed by atoms with Crippen LogP contribution in [-0.2, 0) is 6.54 Å². The summed E-state index contributed by atoms with van der Waals surface area (Å²) in [7, 11) is 0. The Morgan fingerprint density at radius 2 is 1.81 bits per heavy atom. The van der Waals surface area contributed by atoms with Crippen molar-refractivity contribution in [2.75, 3.05) is 26.2 Å². The lowest BCUT2D eigenvalue weighted by atomic mass is 10.1. The van der Waals surface area contributed by atoms with Crippen molar-refractivity contribution < 1.29 is 9.21 Å². The molecule has 1 aromatic carbocycles. The van der Waals surface area contributed by atoms with E-state index in [1.807, 2.05) is 4.90 Å². The zero-order valence-corrected chi connectivity index (χ0v) is 17.8. The van der Waals surface area contributed by atoms with Gasteiger partial charge < -0.3 is 15.1 Å². The highest BCUT2D eigenvalue weighted by atomic mass is 79.9. The average molecular weight is 465 g/mol. The highest BCUT2D eigenvalue weighted by Gasteiger charge is 2.26. The molecule has 2 aromatic rings. The maximum Gasteiger partial charge on any atom is 0.257 e. The van der Waals surface area contributed by atoms with Gasteiger partial charge in [0, 0.05) is 36.7 Å². The van der Waals surface area contributed by atoms with E-state index in [4.69, 9.17) is 10.2 Å². The molecule has 2 heterocycles. The second kappa shape index (κ2) is 10.3. The first-order valence-electron chi connectivity index (χ1n) is 8.14. The Kier molecular flexibility index (Phi) is 9.13. The van der Waals surface area contributed by atoms with Crippen LogP contribution in [0.2, 0.25) is 0 Å². The number of carbonyl (C=O) groups is 1. The topological polar surface area (TPSA) is 62.7 Å². The van der Waals surface area contributed by atoms with Crippen molar-refractivity contribution in [2.24, 2.45) is 5.73 Å². The third-order valence-electron chi connectivity index (χ3n) is 4.60. The molecular weight excluding hydrogens is 441 g/mol. The first-order valence-corrected chi connectivity index (χ1v) is 8.94. The SMILES string of the molecule is CC(c1ccc(Br)cc1)N1CCN(C(=O)c2coc(CN)c2)CC1.Cl.Cl. The van der Waals surface area contributed by atoms with E-state index in [2.05, 4.69) is 52.0 Å². The minimum atomic E-state index is 0. The van der Waals surface area contributed by atoms with Gasteiger partial charge in [-0.2, -0.15) is 0 Å². The molecule has 3 rings (SSSR count). The molecule has 1 fully saturated rings. The molecule has 144 valence electrons. The normalized spacial score (nSPS) is 15.7. The van der Waals surface area contributed by atoms with Crippen LogP contribution in [0.4, 0.5) is 0 Å². The molecule has 0 spiro atoms. The van der Waals surface area contributed by atoms with Gasteiger partial charge in [-0.15, -0.1) is 24.8 Å². The van der Waals surface area contributed by atoms with Crippen molar-refractivity contribution in [1.82, 2.24) is 9.80 Å². The van der Waals surface area contributed by atoms with Crippen LogP contribution in [0.25, 0.3) is 0 Å². The Morgan fingerprint density at radius 1 is 1.19 bits per heavy atom. The molecule has 1 unspecified atom stereocenters. The average Bonchev–Trinajstić information content (AvgIpc) is 3.10. The van der Waals surface area contributed by atoms with E-state index in [1.54, 1.807) is 6.07 Å². The summed E-state index contributed by atoms with van der Waals surface area (Å²) in [6.45, 7) is 5.71. The Labute approximate surface area is 174 Å². The largest absolute Gasteiger partial charge is 0.467 e. The third-order valence-corrected chi connectivity index (χ3v) is 5.13. The second-order valence-electron chi connectivity index (χ2n) is 6.06. The molecule has 1 aliphatic rings. The van der Waals surface area contributed by atoms with E-state index in [1.165, 1.54) is 11.8 Å². The summed E-state index contributed by atoms with van der Waals surface area (Å²) in [5, 5.41) is 0. The van der Waals surface area contributed by atoms with Crippen molar-refractivity contribution in [3.05, 3.63) is 58.0 Å². The number of hydrogen-bond donors (Lipinski definition) is 1. The number of piperazine rings is 1. The standard InChI is InChI=1S/C18H22BrN3O2.2ClH/c1-13(14-2-4-16(19)5-3-14)21-6-8-22(9-7-21)18(23)15-10-17(11-20)24-12-15;;/h2-5,10,12-13H,6-9,11,20H2,1H3;2*1H. The summed E-state index contributed by atoms with van der Waals surface area (Å²) in [6, 6.07) is 10.5. The molecule has 5 nitrogen and oxygen atoms in total. The number of nitrogens with zero attached hydrogens (tertiary/aromatic N) is 2. The Balaban J connectivity index is 0.00000169. The Bertz CT molecular complexity index is 701. The van der Waals surface area contributed by atoms with E-state index in [0.717, 1.165) is 30.7 Å². The van der Waals surface area contributed by atoms with Crippen molar-refractivity contribution in [1.29, 1.82) is 0 Å². The number of furan rings is 1. The molecule has 1 saturated heterocycles. The fourth-order valence-corrected chi connectivity index (χ4v) is 3.31. The molecule has 1 atom stereocenters. The van der Waals surface area contributed by atoms with E-state index < -0.39 is 0 Å². The van der Waals surface area contributed by atoms with Gasteiger partial charge in [-0.1, -0.05) is 28.1 Å². The maximum atomic E-state index is 12.5. The van der Waals surface area contributed by atoms with Crippen LogP contribution < -0.4 is 5.73 Å². The second-order valence-corrected chi connectivity index (χ2v) is 6.98. The minimum absolute atomic E-state index is 0. The predicted molar refractivity (Wildman–Crippen MR) is 111 cm³/mol. The maximum absolute atomic E-state index is 12.5. The van der Waals surface area contributed by atoms with Gasteiger partial charge in [0.2, 0.25) is 0 Å².